The number of benzene rings is 1. The van der Waals surface area contributed by atoms with E-state index in [4.69, 9.17) is 10.00 Å². The smallest absolute Gasteiger partial charge is 0.140 e. The van der Waals surface area contributed by atoms with E-state index < -0.39 is 0 Å². The van der Waals surface area contributed by atoms with Crippen molar-refractivity contribution in [1.82, 2.24) is 4.98 Å². The number of ether oxygens (including phenoxy) is 1. The molecule has 0 aliphatic carbocycles. The summed E-state index contributed by atoms with van der Waals surface area (Å²) in [6.45, 7) is 4.60. The van der Waals surface area contributed by atoms with E-state index in [1.807, 2.05) is 18.2 Å². The minimum absolute atomic E-state index is 0.418. The van der Waals surface area contributed by atoms with Gasteiger partial charge in [0, 0.05) is 11.1 Å². The maximum Gasteiger partial charge on any atom is 0.140 e. The molecule has 0 aliphatic heterocycles. The highest BCUT2D eigenvalue weighted by molar-refractivity contribution is 7.11. The average Bonchev–Trinajstić information content (AvgIpc) is 2.79. The molecule has 0 bridgehead atoms. The van der Waals surface area contributed by atoms with Gasteiger partial charge >= 0.3 is 0 Å². The van der Waals surface area contributed by atoms with E-state index in [9.17, 15) is 0 Å². The van der Waals surface area contributed by atoms with Crippen LogP contribution >= 0.6 is 11.3 Å². The standard InChI is InChI=1S/C14H14N2OS/c1-10-3-4-12(7-11(10)2)17-9-14-16-8-13(18-14)5-6-15/h3-4,7-8H,5,9H2,1-2H3. The van der Waals surface area contributed by atoms with E-state index in [2.05, 4.69) is 24.9 Å². The Labute approximate surface area is 111 Å². The molecule has 0 N–H and O–H groups in total. The number of hydrogen-bond donors (Lipinski definition) is 0. The number of nitriles is 1. The highest BCUT2D eigenvalue weighted by Crippen LogP contribution is 2.19. The van der Waals surface area contributed by atoms with Crippen LogP contribution in [0.5, 0.6) is 5.75 Å². The van der Waals surface area contributed by atoms with E-state index in [0.717, 1.165) is 15.6 Å². The van der Waals surface area contributed by atoms with Gasteiger partial charge in [0.25, 0.3) is 0 Å². The maximum atomic E-state index is 8.59. The summed E-state index contributed by atoms with van der Waals surface area (Å²) in [5.41, 5.74) is 2.48. The first kappa shape index (κ1) is 12.6. The zero-order valence-electron chi connectivity index (χ0n) is 10.4. The topological polar surface area (TPSA) is 45.9 Å². The van der Waals surface area contributed by atoms with E-state index in [0.29, 0.717) is 13.0 Å². The Hall–Kier alpha value is -1.86. The summed E-state index contributed by atoms with van der Waals surface area (Å²) in [5.74, 6) is 0.857. The molecule has 0 saturated heterocycles. The molecule has 0 atom stereocenters. The third kappa shape index (κ3) is 3.08. The Balaban J connectivity index is 1.98. The zero-order valence-corrected chi connectivity index (χ0v) is 11.3. The lowest BCUT2D eigenvalue weighted by Gasteiger charge is -2.06. The van der Waals surface area contributed by atoms with Crippen molar-refractivity contribution in [2.24, 2.45) is 0 Å². The van der Waals surface area contributed by atoms with Gasteiger partial charge < -0.3 is 4.74 Å². The monoisotopic (exact) mass is 258 g/mol. The van der Waals surface area contributed by atoms with Crippen LogP contribution in [0.3, 0.4) is 0 Å². The molecule has 3 nitrogen and oxygen atoms in total. The summed E-state index contributed by atoms with van der Waals surface area (Å²) < 4.78 is 5.68. The van der Waals surface area contributed by atoms with E-state index in [-0.39, 0.29) is 0 Å². The number of nitrogens with zero attached hydrogens (tertiary/aromatic N) is 2. The SMILES string of the molecule is Cc1ccc(OCc2ncc(CC#N)s2)cc1C. The summed E-state index contributed by atoms with van der Waals surface area (Å²) in [5, 5.41) is 9.49. The molecular formula is C14H14N2OS. The Bertz CT molecular complexity index is 584. The van der Waals surface area contributed by atoms with Crippen LogP contribution in [0, 0.1) is 25.2 Å². The fraction of sp³-hybridized carbons (Fsp3) is 0.286. The van der Waals surface area contributed by atoms with Crippen molar-refractivity contribution < 1.29 is 4.74 Å². The van der Waals surface area contributed by atoms with Crippen LogP contribution < -0.4 is 4.74 Å². The zero-order chi connectivity index (χ0) is 13.0. The third-order valence-electron chi connectivity index (χ3n) is 2.70. The summed E-state index contributed by atoms with van der Waals surface area (Å²) in [7, 11) is 0. The van der Waals surface area contributed by atoms with E-state index in [1.165, 1.54) is 22.5 Å². The fourth-order valence-electron chi connectivity index (χ4n) is 1.52. The molecule has 2 aromatic rings. The van der Waals surface area contributed by atoms with Crippen molar-refractivity contribution in [1.29, 1.82) is 5.26 Å². The molecule has 92 valence electrons. The van der Waals surface area contributed by atoms with Gasteiger partial charge in [-0.05, 0) is 37.1 Å². The number of aromatic nitrogens is 1. The van der Waals surface area contributed by atoms with Gasteiger partial charge in [0.1, 0.15) is 17.4 Å². The molecule has 0 fully saturated rings. The largest absolute Gasteiger partial charge is 0.486 e. The Morgan fingerprint density at radius 2 is 2.17 bits per heavy atom. The molecule has 0 unspecified atom stereocenters. The van der Waals surface area contributed by atoms with Crippen LogP contribution in [-0.4, -0.2) is 4.98 Å². The average molecular weight is 258 g/mol. The van der Waals surface area contributed by atoms with Crippen molar-refractivity contribution in [2.45, 2.75) is 26.9 Å². The molecule has 0 aliphatic rings. The van der Waals surface area contributed by atoms with Gasteiger partial charge in [-0.2, -0.15) is 5.26 Å². The van der Waals surface area contributed by atoms with Gasteiger partial charge in [-0.1, -0.05) is 6.07 Å². The first-order valence-corrected chi connectivity index (χ1v) is 6.51. The fourth-order valence-corrected chi connectivity index (χ4v) is 2.29. The predicted octanol–water partition coefficient (Wildman–Crippen LogP) is 3.41. The molecule has 1 aromatic heterocycles. The molecule has 1 heterocycles. The van der Waals surface area contributed by atoms with Gasteiger partial charge in [-0.15, -0.1) is 11.3 Å². The van der Waals surface area contributed by atoms with Crippen molar-refractivity contribution in [3.05, 3.63) is 45.4 Å². The molecule has 18 heavy (non-hydrogen) atoms. The second kappa shape index (κ2) is 5.65. The third-order valence-corrected chi connectivity index (χ3v) is 3.67. The molecule has 0 saturated carbocycles. The molecule has 4 heteroatoms. The second-order valence-corrected chi connectivity index (χ2v) is 5.29. The summed E-state index contributed by atoms with van der Waals surface area (Å²) in [4.78, 5) is 5.21. The number of rotatable bonds is 4. The van der Waals surface area contributed by atoms with E-state index >= 15 is 0 Å². The lowest BCUT2D eigenvalue weighted by Crippen LogP contribution is -1.95. The van der Waals surface area contributed by atoms with Gasteiger partial charge in [0.15, 0.2) is 0 Å². The molecule has 0 spiro atoms. The highest BCUT2D eigenvalue weighted by Gasteiger charge is 2.03. The number of thiazole rings is 1. The van der Waals surface area contributed by atoms with Gasteiger partial charge in [-0.3, -0.25) is 0 Å². The highest BCUT2D eigenvalue weighted by atomic mass is 32.1. The molecular weight excluding hydrogens is 244 g/mol. The van der Waals surface area contributed by atoms with Crippen molar-refractivity contribution in [3.63, 3.8) is 0 Å². The number of hydrogen-bond acceptors (Lipinski definition) is 4. The van der Waals surface area contributed by atoms with Gasteiger partial charge in [0.2, 0.25) is 0 Å². The predicted molar refractivity (Wildman–Crippen MR) is 71.7 cm³/mol. The molecule has 1 aromatic carbocycles. The van der Waals surface area contributed by atoms with Crippen molar-refractivity contribution >= 4 is 11.3 Å². The summed E-state index contributed by atoms with van der Waals surface area (Å²) in [6, 6.07) is 8.15. The van der Waals surface area contributed by atoms with Crippen LogP contribution in [0.1, 0.15) is 21.0 Å². The minimum atomic E-state index is 0.418. The Kier molecular flexibility index (Phi) is 3.96. The van der Waals surface area contributed by atoms with Crippen LogP contribution in [0.4, 0.5) is 0 Å². The normalized spacial score (nSPS) is 10.1. The summed E-state index contributed by atoms with van der Waals surface area (Å²) in [6.07, 6.45) is 2.16. The van der Waals surface area contributed by atoms with Crippen molar-refractivity contribution in [3.8, 4) is 11.8 Å². The van der Waals surface area contributed by atoms with Crippen LogP contribution in [-0.2, 0) is 13.0 Å². The van der Waals surface area contributed by atoms with Gasteiger partial charge in [0.05, 0.1) is 12.5 Å². The molecule has 0 amide bonds. The first-order chi connectivity index (χ1) is 8.69. The quantitative estimate of drug-likeness (QED) is 0.844. The maximum absolute atomic E-state index is 8.59. The summed E-state index contributed by atoms with van der Waals surface area (Å²) >= 11 is 1.53. The van der Waals surface area contributed by atoms with Crippen LogP contribution in [0.15, 0.2) is 24.4 Å². The Morgan fingerprint density at radius 3 is 2.89 bits per heavy atom. The minimum Gasteiger partial charge on any atom is -0.486 e. The molecule has 0 radical (unpaired) electrons. The van der Waals surface area contributed by atoms with Crippen molar-refractivity contribution in [2.75, 3.05) is 0 Å². The van der Waals surface area contributed by atoms with Crippen LogP contribution in [0.2, 0.25) is 0 Å². The van der Waals surface area contributed by atoms with Crippen LogP contribution in [0.25, 0.3) is 0 Å². The lowest BCUT2D eigenvalue weighted by molar-refractivity contribution is 0.305. The van der Waals surface area contributed by atoms with E-state index in [1.54, 1.807) is 6.20 Å². The number of aryl methyl sites for hydroxylation is 2. The lowest BCUT2D eigenvalue weighted by atomic mass is 10.1. The first-order valence-electron chi connectivity index (χ1n) is 5.69. The Morgan fingerprint density at radius 1 is 1.33 bits per heavy atom. The van der Waals surface area contributed by atoms with Gasteiger partial charge in [-0.25, -0.2) is 4.98 Å². The second-order valence-electron chi connectivity index (χ2n) is 4.09. The molecule has 2 rings (SSSR count).